The number of nitro benzene ring substituents is 1. The number of rotatable bonds is 6. The third-order valence-corrected chi connectivity index (χ3v) is 3.98. The SMILES string of the molecule is O=C(C(=C\c1ccc([N+](=O)[O-])cc1)/C=C/c1ccccc1)c1ccccc1. The molecule has 0 saturated carbocycles. The Morgan fingerprint density at radius 1 is 0.778 bits per heavy atom. The molecule has 132 valence electrons. The van der Waals surface area contributed by atoms with Crippen molar-refractivity contribution in [3.8, 4) is 0 Å². The number of Topliss-reactive ketones (excluding diaryl/α,β-unsaturated/α-hetero) is 1. The maximum Gasteiger partial charge on any atom is 0.269 e. The minimum Gasteiger partial charge on any atom is -0.289 e. The Morgan fingerprint density at radius 3 is 1.96 bits per heavy atom. The maximum atomic E-state index is 12.9. The highest BCUT2D eigenvalue weighted by molar-refractivity contribution is 6.13. The molecule has 4 nitrogen and oxygen atoms in total. The molecule has 0 fully saturated rings. The van der Waals surface area contributed by atoms with Crippen molar-refractivity contribution in [2.75, 3.05) is 0 Å². The number of ketones is 1. The lowest BCUT2D eigenvalue weighted by atomic mass is 9.99. The smallest absolute Gasteiger partial charge is 0.269 e. The highest BCUT2D eigenvalue weighted by Crippen LogP contribution is 2.18. The summed E-state index contributed by atoms with van der Waals surface area (Å²) in [5, 5.41) is 10.8. The molecule has 3 rings (SSSR count). The third kappa shape index (κ3) is 4.86. The lowest BCUT2D eigenvalue weighted by Gasteiger charge is -2.03. The second-order valence-electron chi connectivity index (χ2n) is 5.89. The van der Waals surface area contributed by atoms with E-state index < -0.39 is 4.92 Å². The van der Waals surface area contributed by atoms with E-state index in [1.54, 1.807) is 36.4 Å². The topological polar surface area (TPSA) is 60.2 Å². The van der Waals surface area contributed by atoms with Crippen LogP contribution in [0.1, 0.15) is 21.5 Å². The van der Waals surface area contributed by atoms with Crippen LogP contribution in [-0.2, 0) is 0 Å². The monoisotopic (exact) mass is 355 g/mol. The fourth-order valence-electron chi connectivity index (χ4n) is 2.57. The van der Waals surface area contributed by atoms with Crippen molar-refractivity contribution in [2.24, 2.45) is 0 Å². The first-order valence-corrected chi connectivity index (χ1v) is 8.42. The molecule has 4 heteroatoms. The minimum absolute atomic E-state index is 0.0166. The first-order valence-electron chi connectivity index (χ1n) is 8.42. The van der Waals surface area contributed by atoms with E-state index in [2.05, 4.69) is 0 Å². The summed E-state index contributed by atoms with van der Waals surface area (Å²) in [6.45, 7) is 0. The van der Waals surface area contributed by atoms with E-state index in [1.807, 2.05) is 54.6 Å². The molecule has 27 heavy (non-hydrogen) atoms. The zero-order chi connectivity index (χ0) is 19.1. The van der Waals surface area contributed by atoms with Gasteiger partial charge in [-0.3, -0.25) is 14.9 Å². The van der Waals surface area contributed by atoms with Crippen molar-refractivity contribution in [2.45, 2.75) is 0 Å². The number of nitro groups is 1. The number of allylic oxidation sites excluding steroid dienone is 2. The zero-order valence-corrected chi connectivity index (χ0v) is 14.5. The van der Waals surface area contributed by atoms with Crippen molar-refractivity contribution in [1.82, 2.24) is 0 Å². The van der Waals surface area contributed by atoms with Crippen LogP contribution in [0.5, 0.6) is 0 Å². The summed E-state index contributed by atoms with van der Waals surface area (Å²) >= 11 is 0. The van der Waals surface area contributed by atoms with Gasteiger partial charge in [0.2, 0.25) is 0 Å². The Morgan fingerprint density at radius 2 is 1.37 bits per heavy atom. The summed E-state index contributed by atoms with van der Waals surface area (Å²) in [7, 11) is 0. The molecule has 0 amide bonds. The van der Waals surface area contributed by atoms with Crippen LogP contribution in [0.15, 0.2) is 96.6 Å². The van der Waals surface area contributed by atoms with E-state index in [0.29, 0.717) is 11.1 Å². The van der Waals surface area contributed by atoms with Crippen LogP contribution in [0, 0.1) is 10.1 Å². The van der Waals surface area contributed by atoms with Crippen molar-refractivity contribution < 1.29 is 9.72 Å². The standard InChI is InChI=1S/C23H17NO3/c25-23(20-9-5-2-6-10-20)21(14-11-18-7-3-1-4-8-18)17-19-12-15-22(16-13-19)24(26)27/h1-17H/b14-11+,21-17-. The molecule has 0 saturated heterocycles. The van der Waals surface area contributed by atoms with Crippen molar-refractivity contribution in [3.63, 3.8) is 0 Å². The molecular formula is C23H17NO3. The van der Waals surface area contributed by atoms with Crippen LogP contribution in [0.25, 0.3) is 12.2 Å². The second-order valence-corrected chi connectivity index (χ2v) is 5.89. The largest absolute Gasteiger partial charge is 0.289 e. The van der Waals surface area contributed by atoms with E-state index in [1.165, 1.54) is 12.1 Å². The molecule has 0 aromatic heterocycles. The Bertz CT molecular complexity index is 989. The van der Waals surface area contributed by atoms with Crippen LogP contribution in [-0.4, -0.2) is 10.7 Å². The van der Waals surface area contributed by atoms with Crippen LogP contribution < -0.4 is 0 Å². The van der Waals surface area contributed by atoms with Gasteiger partial charge in [0.05, 0.1) is 4.92 Å². The lowest BCUT2D eigenvalue weighted by Crippen LogP contribution is -2.01. The Balaban J connectivity index is 1.97. The van der Waals surface area contributed by atoms with Crippen molar-refractivity contribution in [3.05, 3.63) is 123 Å². The molecule has 0 N–H and O–H groups in total. The average molecular weight is 355 g/mol. The fraction of sp³-hybridized carbons (Fsp3) is 0. The lowest BCUT2D eigenvalue weighted by molar-refractivity contribution is -0.384. The van der Waals surface area contributed by atoms with Gasteiger partial charge >= 0.3 is 0 Å². The van der Waals surface area contributed by atoms with E-state index in [-0.39, 0.29) is 11.5 Å². The Kier molecular flexibility index (Phi) is 5.70. The normalized spacial score (nSPS) is 11.5. The quantitative estimate of drug-likeness (QED) is 0.191. The van der Waals surface area contributed by atoms with E-state index >= 15 is 0 Å². The first-order chi connectivity index (χ1) is 13.1. The molecule has 3 aromatic rings. The van der Waals surface area contributed by atoms with E-state index in [9.17, 15) is 14.9 Å². The van der Waals surface area contributed by atoms with Gasteiger partial charge in [-0.15, -0.1) is 0 Å². The average Bonchev–Trinajstić information content (AvgIpc) is 2.72. The molecule has 0 atom stereocenters. The van der Waals surface area contributed by atoms with E-state index in [4.69, 9.17) is 0 Å². The Labute approximate surface area is 157 Å². The summed E-state index contributed by atoms with van der Waals surface area (Å²) in [6, 6.07) is 24.8. The minimum atomic E-state index is -0.446. The molecule has 0 bridgehead atoms. The summed E-state index contributed by atoms with van der Waals surface area (Å²) in [6.07, 6.45) is 5.38. The highest BCUT2D eigenvalue weighted by atomic mass is 16.6. The molecule has 0 heterocycles. The highest BCUT2D eigenvalue weighted by Gasteiger charge is 2.10. The van der Waals surface area contributed by atoms with Crippen LogP contribution in [0.3, 0.4) is 0 Å². The molecule has 0 radical (unpaired) electrons. The predicted molar refractivity (Wildman–Crippen MR) is 107 cm³/mol. The summed E-state index contributed by atoms with van der Waals surface area (Å²) in [5.74, 6) is -0.110. The van der Waals surface area contributed by atoms with Gasteiger partial charge in [0.25, 0.3) is 5.69 Å². The van der Waals surface area contributed by atoms with Gasteiger partial charge in [0, 0.05) is 23.3 Å². The van der Waals surface area contributed by atoms with Crippen LogP contribution in [0.4, 0.5) is 5.69 Å². The molecule has 3 aromatic carbocycles. The van der Waals surface area contributed by atoms with Crippen molar-refractivity contribution >= 4 is 23.6 Å². The molecular weight excluding hydrogens is 338 g/mol. The molecule has 0 aliphatic heterocycles. The molecule has 0 aliphatic rings. The first kappa shape index (κ1) is 18.0. The number of benzene rings is 3. The number of carbonyl (C=O) groups excluding carboxylic acids is 1. The van der Waals surface area contributed by atoms with Gasteiger partial charge in [-0.25, -0.2) is 0 Å². The number of hydrogen-bond acceptors (Lipinski definition) is 3. The van der Waals surface area contributed by atoms with Gasteiger partial charge in [-0.2, -0.15) is 0 Å². The van der Waals surface area contributed by atoms with Gasteiger partial charge in [-0.05, 0) is 29.3 Å². The maximum absolute atomic E-state index is 12.9. The summed E-state index contributed by atoms with van der Waals surface area (Å²) in [4.78, 5) is 23.3. The van der Waals surface area contributed by atoms with Crippen molar-refractivity contribution in [1.29, 1.82) is 0 Å². The predicted octanol–water partition coefficient (Wildman–Crippen LogP) is 5.57. The van der Waals surface area contributed by atoms with Gasteiger partial charge in [-0.1, -0.05) is 72.8 Å². The zero-order valence-electron chi connectivity index (χ0n) is 14.5. The number of non-ortho nitro benzene ring substituents is 1. The molecule has 0 unspecified atom stereocenters. The van der Waals surface area contributed by atoms with Crippen LogP contribution in [0.2, 0.25) is 0 Å². The fourth-order valence-corrected chi connectivity index (χ4v) is 2.57. The molecule has 0 aliphatic carbocycles. The van der Waals surface area contributed by atoms with E-state index in [0.717, 1.165) is 11.1 Å². The van der Waals surface area contributed by atoms with Gasteiger partial charge in [0.1, 0.15) is 0 Å². The summed E-state index contributed by atoms with van der Waals surface area (Å²) < 4.78 is 0. The van der Waals surface area contributed by atoms with Crippen LogP contribution >= 0.6 is 0 Å². The number of hydrogen-bond donors (Lipinski definition) is 0. The number of carbonyl (C=O) groups is 1. The second kappa shape index (κ2) is 8.54. The third-order valence-electron chi connectivity index (χ3n) is 3.98. The van der Waals surface area contributed by atoms with Gasteiger partial charge in [0.15, 0.2) is 5.78 Å². The Hall–Kier alpha value is -3.79. The van der Waals surface area contributed by atoms with Gasteiger partial charge < -0.3 is 0 Å². The number of nitrogens with zero attached hydrogens (tertiary/aromatic N) is 1. The summed E-state index contributed by atoms with van der Waals surface area (Å²) in [5.41, 5.74) is 2.80. The molecule has 0 spiro atoms.